The summed E-state index contributed by atoms with van der Waals surface area (Å²) in [6.45, 7) is 0.366. The van der Waals surface area contributed by atoms with Gasteiger partial charge in [0.15, 0.2) is 0 Å². The van der Waals surface area contributed by atoms with E-state index in [4.69, 9.17) is 0 Å². The molecule has 0 spiro atoms. The summed E-state index contributed by atoms with van der Waals surface area (Å²) in [5.74, 6) is 0. The summed E-state index contributed by atoms with van der Waals surface area (Å²) >= 11 is 0. The van der Waals surface area contributed by atoms with E-state index in [0.717, 1.165) is 17.4 Å². The van der Waals surface area contributed by atoms with Crippen LogP contribution in [0.2, 0.25) is 0 Å². The number of aromatic nitrogens is 2. The maximum Gasteiger partial charge on any atom is 0.328 e. The molecule has 0 aliphatic carbocycles. The average Bonchev–Trinajstić information content (AvgIpc) is 2.51. The number of carbonyl (C=O) groups is 1. The molecule has 0 aliphatic heterocycles. The van der Waals surface area contributed by atoms with Gasteiger partial charge in [0.05, 0.1) is 6.54 Å². The van der Waals surface area contributed by atoms with Gasteiger partial charge in [-0.05, 0) is 18.4 Å². The van der Waals surface area contributed by atoms with Crippen LogP contribution in [0.25, 0.3) is 0 Å². The van der Waals surface area contributed by atoms with E-state index in [1.165, 1.54) is 11.8 Å². The quantitative estimate of drug-likeness (QED) is 0.582. The summed E-state index contributed by atoms with van der Waals surface area (Å²) in [5, 5.41) is 2.99. The lowest BCUT2D eigenvalue weighted by Gasteiger charge is -2.07. The van der Waals surface area contributed by atoms with Crippen molar-refractivity contribution in [2.24, 2.45) is 0 Å². The molecule has 2 aromatic rings. The molecule has 0 bridgehead atoms. The number of aryl methyl sites for hydroxylation is 1. The van der Waals surface area contributed by atoms with E-state index in [0.29, 0.717) is 18.5 Å². The number of hydrogen-bond donors (Lipinski definition) is 2. The van der Waals surface area contributed by atoms with Crippen molar-refractivity contribution in [3.63, 3.8) is 0 Å². The Kier molecular flexibility index (Phi) is 5.09. The van der Waals surface area contributed by atoms with Gasteiger partial charge in [0, 0.05) is 12.7 Å². The number of rotatable bonds is 7. The fourth-order valence-corrected chi connectivity index (χ4v) is 2.04. The highest BCUT2D eigenvalue weighted by atomic mass is 16.2. The molecule has 0 fully saturated rings. The molecule has 6 heteroatoms. The lowest BCUT2D eigenvalue weighted by molar-refractivity contribution is -0.108. The molecule has 21 heavy (non-hydrogen) atoms. The second-order valence-corrected chi connectivity index (χ2v) is 4.61. The topological polar surface area (TPSA) is 84.0 Å². The van der Waals surface area contributed by atoms with Crippen molar-refractivity contribution in [3.8, 4) is 0 Å². The molecular weight excluding hydrogens is 270 g/mol. The van der Waals surface area contributed by atoms with Gasteiger partial charge in [-0.1, -0.05) is 30.3 Å². The predicted molar refractivity (Wildman–Crippen MR) is 80.6 cm³/mol. The Morgan fingerprint density at radius 3 is 2.67 bits per heavy atom. The molecule has 110 valence electrons. The monoisotopic (exact) mass is 287 g/mol. The van der Waals surface area contributed by atoms with Gasteiger partial charge >= 0.3 is 5.69 Å². The summed E-state index contributed by atoms with van der Waals surface area (Å²) < 4.78 is 0.868. The highest BCUT2D eigenvalue weighted by molar-refractivity contribution is 5.49. The fourth-order valence-electron chi connectivity index (χ4n) is 2.04. The molecule has 0 aliphatic rings. The molecule has 1 heterocycles. The van der Waals surface area contributed by atoms with E-state index in [1.807, 2.05) is 18.2 Å². The van der Waals surface area contributed by atoms with Crippen molar-refractivity contribution < 1.29 is 4.79 Å². The van der Waals surface area contributed by atoms with Crippen molar-refractivity contribution in [3.05, 3.63) is 62.9 Å². The van der Waals surface area contributed by atoms with E-state index >= 15 is 0 Å². The minimum atomic E-state index is -0.582. The van der Waals surface area contributed by atoms with Crippen LogP contribution in [0.4, 0.5) is 5.69 Å². The number of aldehydes is 1. The lowest BCUT2D eigenvalue weighted by Crippen LogP contribution is -2.36. The first kappa shape index (κ1) is 14.8. The van der Waals surface area contributed by atoms with Gasteiger partial charge in [-0.2, -0.15) is 0 Å². The second-order valence-electron chi connectivity index (χ2n) is 4.61. The molecule has 1 aromatic carbocycles. The second kappa shape index (κ2) is 7.23. The van der Waals surface area contributed by atoms with Crippen molar-refractivity contribution in [1.82, 2.24) is 9.55 Å². The Bertz CT molecular complexity index is 704. The third-order valence-electron chi connectivity index (χ3n) is 3.12. The fraction of sp³-hybridized carbons (Fsp3) is 0.267. The van der Waals surface area contributed by atoms with E-state index < -0.39 is 11.2 Å². The van der Waals surface area contributed by atoms with Crippen LogP contribution in [-0.4, -0.2) is 22.4 Å². The first-order chi connectivity index (χ1) is 10.2. The van der Waals surface area contributed by atoms with Crippen LogP contribution < -0.4 is 16.6 Å². The van der Waals surface area contributed by atoms with Crippen molar-refractivity contribution >= 4 is 12.0 Å². The molecule has 0 saturated carbocycles. The number of hydrogen-bond acceptors (Lipinski definition) is 4. The summed E-state index contributed by atoms with van der Waals surface area (Å²) in [7, 11) is 0. The van der Waals surface area contributed by atoms with E-state index in [2.05, 4.69) is 22.4 Å². The molecule has 0 amide bonds. The summed E-state index contributed by atoms with van der Waals surface area (Å²) in [5.41, 5.74) is 0.469. The van der Waals surface area contributed by atoms with Crippen LogP contribution in [0.5, 0.6) is 0 Å². The minimum Gasteiger partial charge on any atom is -0.379 e. The van der Waals surface area contributed by atoms with Gasteiger partial charge in [0.2, 0.25) is 0 Å². The molecule has 6 nitrogen and oxygen atoms in total. The van der Waals surface area contributed by atoms with Gasteiger partial charge in [-0.25, -0.2) is 4.79 Å². The Balaban J connectivity index is 1.95. The molecule has 0 saturated heterocycles. The van der Waals surface area contributed by atoms with Gasteiger partial charge in [-0.3, -0.25) is 9.36 Å². The standard InChI is InChI=1S/C15H17N3O3/c19-10-9-18-14(20)13(11-17-15(18)21)16-8-4-7-12-5-2-1-3-6-12/h1-3,5-6,10-11,16H,4,7-9H2,(H,17,21). The number of nitrogens with one attached hydrogen (secondary N) is 2. The van der Waals surface area contributed by atoms with Crippen LogP contribution in [0.3, 0.4) is 0 Å². The van der Waals surface area contributed by atoms with Crippen molar-refractivity contribution in [2.45, 2.75) is 19.4 Å². The highest BCUT2D eigenvalue weighted by Gasteiger charge is 2.06. The van der Waals surface area contributed by atoms with Crippen LogP contribution >= 0.6 is 0 Å². The van der Waals surface area contributed by atoms with Crippen molar-refractivity contribution in [1.29, 1.82) is 0 Å². The SMILES string of the molecule is O=CCn1c(=O)[nH]cc(NCCCc2ccccc2)c1=O. The Hall–Kier alpha value is -2.63. The molecular formula is C15H17N3O3. The Morgan fingerprint density at radius 1 is 1.19 bits per heavy atom. The lowest BCUT2D eigenvalue weighted by atomic mass is 10.1. The normalized spacial score (nSPS) is 10.3. The first-order valence-corrected chi connectivity index (χ1v) is 6.76. The Morgan fingerprint density at radius 2 is 1.95 bits per heavy atom. The molecule has 2 N–H and O–H groups in total. The highest BCUT2D eigenvalue weighted by Crippen LogP contribution is 2.03. The van der Waals surface area contributed by atoms with E-state index in [9.17, 15) is 14.4 Å². The molecule has 0 radical (unpaired) electrons. The zero-order chi connectivity index (χ0) is 15.1. The average molecular weight is 287 g/mol. The Labute approximate surface area is 121 Å². The zero-order valence-corrected chi connectivity index (χ0v) is 11.5. The van der Waals surface area contributed by atoms with Crippen molar-refractivity contribution in [2.75, 3.05) is 11.9 Å². The smallest absolute Gasteiger partial charge is 0.328 e. The molecule has 0 atom stereocenters. The minimum absolute atomic E-state index is 0.242. The van der Waals surface area contributed by atoms with E-state index in [1.54, 1.807) is 0 Å². The number of carbonyl (C=O) groups excluding carboxylic acids is 1. The maximum atomic E-state index is 12.0. The first-order valence-electron chi connectivity index (χ1n) is 6.76. The maximum absolute atomic E-state index is 12.0. The predicted octanol–water partition coefficient (Wildman–Crippen LogP) is 0.780. The number of nitrogens with zero attached hydrogens (tertiary/aromatic N) is 1. The molecule has 1 aromatic heterocycles. The number of benzene rings is 1. The van der Waals surface area contributed by atoms with Crippen LogP contribution in [0.15, 0.2) is 46.1 Å². The third-order valence-corrected chi connectivity index (χ3v) is 3.12. The summed E-state index contributed by atoms with van der Waals surface area (Å²) in [4.78, 5) is 36.3. The zero-order valence-electron chi connectivity index (χ0n) is 11.5. The van der Waals surface area contributed by atoms with Gasteiger partial charge in [0.1, 0.15) is 12.0 Å². The van der Waals surface area contributed by atoms with Crippen LogP contribution in [0, 0.1) is 0 Å². The van der Waals surface area contributed by atoms with Gasteiger partial charge in [0.25, 0.3) is 5.56 Å². The van der Waals surface area contributed by atoms with Crippen LogP contribution in [0.1, 0.15) is 12.0 Å². The van der Waals surface area contributed by atoms with Crippen LogP contribution in [-0.2, 0) is 17.8 Å². The summed E-state index contributed by atoms with van der Waals surface area (Å²) in [6, 6.07) is 10.1. The molecule has 0 unspecified atom stereocenters. The number of H-pyrrole nitrogens is 1. The summed E-state index contributed by atoms with van der Waals surface area (Å²) in [6.07, 6.45) is 3.63. The largest absolute Gasteiger partial charge is 0.379 e. The third kappa shape index (κ3) is 3.92. The molecule has 2 rings (SSSR count). The number of aromatic amines is 1. The number of anilines is 1. The van der Waals surface area contributed by atoms with Gasteiger partial charge < -0.3 is 15.1 Å². The van der Waals surface area contributed by atoms with E-state index in [-0.39, 0.29) is 6.54 Å². The van der Waals surface area contributed by atoms with Gasteiger partial charge in [-0.15, -0.1) is 0 Å².